The number of rotatable bonds is 9. The highest BCUT2D eigenvalue weighted by Crippen LogP contribution is 2.36. The van der Waals surface area contributed by atoms with Crippen LogP contribution in [0.2, 0.25) is 0 Å². The van der Waals surface area contributed by atoms with Crippen LogP contribution >= 0.6 is 11.8 Å². The molecular weight excluding hydrogens is 336 g/mol. The van der Waals surface area contributed by atoms with Crippen molar-refractivity contribution in [1.82, 2.24) is 0 Å². The topological polar surface area (TPSA) is 55.8 Å². The molecule has 1 N–H and O–H groups in total. The summed E-state index contributed by atoms with van der Waals surface area (Å²) in [5, 5.41) is 9.10. The van der Waals surface area contributed by atoms with Crippen LogP contribution in [0.1, 0.15) is 18.4 Å². The van der Waals surface area contributed by atoms with Crippen molar-refractivity contribution >= 4 is 17.7 Å². The first-order valence-corrected chi connectivity index (χ1v) is 9.37. The summed E-state index contributed by atoms with van der Waals surface area (Å²) in [6.07, 6.45) is 1.07. The van der Waals surface area contributed by atoms with Gasteiger partial charge in [-0.05, 0) is 36.2 Å². The highest BCUT2D eigenvalue weighted by Gasteiger charge is 2.42. The Morgan fingerprint density at radius 1 is 1.12 bits per heavy atom. The van der Waals surface area contributed by atoms with Crippen molar-refractivity contribution in [2.45, 2.75) is 23.2 Å². The van der Waals surface area contributed by atoms with E-state index >= 15 is 0 Å². The van der Waals surface area contributed by atoms with Gasteiger partial charge in [0.1, 0.15) is 5.75 Å². The zero-order chi connectivity index (χ0) is 17.5. The van der Waals surface area contributed by atoms with Gasteiger partial charge in [0.05, 0.1) is 31.7 Å². The summed E-state index contributed by atoms with van der Waals surface area (Å²) in [6.45, 7) is 1.61. The fourth-order valence-electron chi connectivity index (χ4n) is 2.87. The maximum atomic E-state index is 11.1. The van der Waals surface area contributed by atoms with Crippen LogP contribution in [0.4, 0.5) is 0 Å². The molecule has 3 rings (SSSR count). The maximum Gasteiger partial charge on any atom is 0.304 e. The van der Waals surface area contributed by atoms with E-state index in [1.165, 1.54) is 4.90 Å². The van der Waals surface area contributed by atoms with Gasteiger partial charge >= 0.3 is 5.97 Å². The molecule has 0 radical (unpaired) electrons. The highest BCUT2D eigenvalue weighted by molar-refractivity contribution is 7.99. The van der Waals surface area contributed by atoms with Crippen LogP contribution in [0, 0.1) is 0 Å². The number of carboxylic acids is 1. The molecule has 0 spiro atoms. The van der Waals surface area contributed by atoms with Gasteiger partial charge in [-0.3, -0.25) is 4.79 Å². The van der Waals surface area contributed by atoms with E-state index in [0.29, 0.717) is 19.8 Å². The van der Waals surface area contributed by atoms with Crippen molar-refractivity contribution in [2.24, 2.45) is 0 Å². The second-order valence-corrected chi connectivity index (χ2v) is 7.40. The van der Waals surface area contributed by atoms with E-state index in [9.17, 15) is 4.79 Å². The summed E-state index contributed by atoms with van der Waals surface area (Å²) in [7, 11) is 0. The fraction of sp³-hybridized carbons (Fsp3) is 0.350. The molecule has 2 aromatic rings. The highest BCUT2D eigenvalue weighted by atomic mass is 32.2. The van der Waals surface area contributed by atoms with Gasteiger partial charge in [0.15, 0.2) is 0 Å². The molecule has 0 aliphatic carbocycles. The minimum absolute atomic E-state index is 0.101. The van der Waals surface area contributed by atoms with Gasteiger partial charge in [0, 0.05) is 10.6 Å². The summed E-state index contributed by atoms with van der Waals surface area (Å²) in [6, 6.07) is 18.1. The lowest BCUT2D eigenvalue weighted by Crippen LogP contribution is -2.48. The quantitative estimate of drug-likeness (QED) is 0.543. The first-order chi connectivity index (χ1) is 12.2. The molecule has 4 nitrogen and oxygen atoms in total. The van der Waals surface area contributed by atoms with E-state index < -0.39 is 5.97 Å². The molecule has 0 atom stereocenters. The molecule has 1 aliphatic rings. The van der Waals surface area contributed by atoms with Gasteiger partial charge in [0.25, 0.3) is 0 Å². The van der Waals surface area contributed by atoms with E-state index in [2.05, 4.69) is 12.1 Å². The SMILES string of the molecule is O=C(O)CC1(c2ccc(OCCCSc3ccccc3)cc2)COC1. The van der Waals surface area contributed by atoms with E-state index in [4.69, 9.17) is 14.6 Å². The largest absolute Gasteiger partial charge is 0.494 e. The van der Waals surface area contributed by atoms with Crippen LogP contribution in [-0.2, 0) is 14.9 Å². The molecule has 1 aliphatic heterocycles. The number of aliphatic carboxylic acids is 1. The van der Waals surface area contributed by atoms with Gasteiger partial charge in [0.2, 0.25) is 0 Å². The average molecular weight is 358 g/mol. The van der Waals surface area contributed by atoms with Crippen LogP contribution in [0.3, 0.4) is 0 Å². The average Bonchev–Trinajstić information content (AvgIpc) is 2.59. The lowest BCUT2D eigenvalue weighted by molar-refractivity contribution is -0.145. The van der Waals surface area contributed by atoms with Crippen LogP contribution in [0.25, 0.3) is 0 Å². The zero-order valence-electron chi connectivity index (χ0n) is 14.0. The van der Waals surface area contributed by atoms with Crippen LogP contribution in [0.5, 0.6) is 5.75 Å². The molecular formula is C20H22O4S. The monoisotopic (exact) mass is 358 g/mol. The predicted octanol–water partition coefficient (Wildman–Crippen LogP) is 3.99. The molecule has 5 heteroatoms. The van der Waals surface area contributed by atoms with Crippen molar-refractivity contribution in [3.05, 3.63) is 60.2 Å². The number of carbonyl (C=O) groups is 1. The van der Waals surface area contributed by atoms with Crippen LogP contribution in [-0.4, -0.2) is 36.6 Å². The Balaban J connectivity index is 1.44. The number of benzene rings is 2. The number of thioether (sulfide) groups is 1. The predicted molar refractivity (Wildman–Crippen MR) is 98.5 cm³/mol. The van der Waals surface area contributed by atoms with Gasteiger partial charge in [-0.1, -0.05) is 30.3 Å². The third-order valence-electron chi connectivity index (χ3n) is 4.28. The fourth-order valence-corrected chi connectivity index (χ4v) is 3.72. The zero-order valence-corrected chi connectivity index (χ0v) is 14.8. The molecule has 0 saturated carbocycles. The maximum absolute atomic E-state index is 11.1. The summed E-state index contributed by atoms with van der Waals surface area (Å²) in [5.41, 5.74) is 0.629. The summed E-state index contributed by atoms with van der Waals surface area (Å²) >= 11 is 1.83. The summed E-state index contributed by atoms with van der Waals surface area (Å²) in [5.74, 6) is 1.04. The van der Waals surface area contributed by atoms with Crippen molar-refractivity contribution in [3.63, 3.8) is 0 Å². The van der Waals surface area contributed by atoms with Gasteiger partial charge < -0.3 is 14.6 Å². The number of ether oxygens (including phenoxy) is 2. The lowest BCUT2D eigenvalue weighted by atomic mass is 9.76. The molecule has 0 bridgehead atoms. The minimum Gasteiger partial charge on any atom is -0.494 e. The number of hydrogen-bond acceptors (Lipinski definition) is 4. The Labute approximate surface area is 152 Å². The molecule has 1 fully saturated rings. The summed E-state index contributed by atoms with van der Waals surface area (Å²) < 4.78 is 11.0. The second-order valence-electron chi connectivity index (χ2n) is 6.23. The first kappa shape index (κ1) is 17.8. The van der Waals surface area contributed by atoms with Crippen LogP contribution in [0.15, 0.2) is 59.5 Å². The smallest absolute Gasteiger partial charge is 0.304 e. The Hall–Kier alpha value is -1.98. The number of hydrogen-bond donors (Lipinski definition) is 1. The van der Waals surface area contributed by atoms with Crippen molar-refractivity contribution in [2.75, 3.05) is 25.6 Å². The molecule has 0 unspecified atom stereocenters. The molecule has 0 aromatic heterocycles. The number of carboxylic acid groups (broad SMARTS) is 1. The van der Waals surface area contributed by atoms with Gasteiger partial charge in [-0.15, -0.1) is 11.8 Å². The van der Waals surface area contributed by atoms with E-state index in [0.717, 1.165) is 23.5 Å². The molecule has 1 saturated heterocycles. The normalized spacial score (nSPS) is 15.4. The van der Waals surface area contributed by atoms with Gasteiger partial charge in [-0.25, -0.2) is 0 Å². The molecule has 25 heavy (non-hydrogen) atoms. The summed E-state index contributed by atoms with van der Waals surface area (Å²) in [4.78, 5) is 12.3. The Kier molecular flexibility index (Phi) is 6.00. The molecule has 0 amide bonds. The Morgan fingerprint density at radius 3 is 2.44 bits per heavy atom. The van der Waals surface area contributed by atoms with Crippen molar-refractivity contribution in [3.8, 4) is 5.75 Å². The molecule has 2 aromatic carbocycles. The lowest BCUT2D eigenvalue weighted by Gasteiger charge is -2.40. The van der Waals surface area contributed by atoms with Crippen molar-refractivity contribution < 1.29 is 19.4 Å². The molecule has 132 valence electrons. The standard InChI is InChI=1S/C20H22O4S/c21-19(22)13-20(14-23-15-20)16-7-9-17(10-8-16)24-11-4-12-25-18-5-2-1-3-6-18/h1-3,5-10H,4,11-15H2,(H,21,22). The third kappa shape index (κ3) is 4.77. The first-order valence-electron chi connectivity index (χ1n) is 8.39. The Morgan fingerprint density at radius 2 is 1.84 bits per heavy atom. The minimum atomic E-state index is -0.792. The van der Waals surface area contributed by atoms with Crippen LogP contribution < -0.4 is 4.74 Å². The Bertz CT molecular complexity index is 681. The van der Waals surface area contributed by atoms with E-state index in [1.807, 2.05) is 54.2 Å². The van der Waals surface area contributed by atoms with E-state index in [1.54, 1.807) is 0 Å². The molecule has 1 heterocycles. The second kappa shape index (κ2) is 8.41. The van der Waals surface area contributed by atoms with E-state index in [-0.39, 0.29) is 11.8 Å². The van der Waals surface area contributed by atoms with Gasteiger partial charge in [-0.2, -0.15) is 0 Å². The van der Waals surface area contributed by atoms with Crippen molar-refractivity contribution in [1.29, 1.82) is 0 Å². The third-order valence-corrected chi connectivity index (χ3v) is 5.38.